The lowest BCUT2D eigenvalue weighted by molar-refractivity contribution is 0.144. The van der Waals surface area contributed by atoms with E-state index in [2.05, 4.69) is 4.98 Å². The van der Waals surface area contributed by atoms with Crippen LogP contribution in [-0.4, -0.2) is 10.1 Å². The van der Waals surface area contributed by atoms with Crippen LogP contribution in [0.3, 0.4) is 0 Å². The molecule has 1 aromatic heterocycles. The second kappa shape index (κ2) is 4.08. The highest BCUT2D eigenvalue weighted by atomic mass is 127. The van der Waals surface area contributed by atoms with E-state index in [1.54, 1.807) is 22.6 Å². The summed E-state index contributed by atoms with van der Waals surface area (Å²) in [6.07, 6.45) is -2.58. The number of nitrogens with zero attached hydrogens (tertiary/aromatic N) is 1. The first kappa shape index (κ1) is 9.79. The van der Waals surface area contributed by atoms with Gasteiger partial charge in [-0.25, -0.2) is 13.8 Å². The van der Waals surface area contributed by atoms with Gasteiger partial charge >= 0.3 is 0 Å². The zero-order valence-corrected chi connectivity index (χ0v) is 8.12. The summed E-state index contributed by atoms with van der Waals surface area (Å²) in [5.74, 6) is 0. The van der Waals surface area contributed by atoms with Crippen molar-refractivity contribution in [3.05, 3.63) is 27.1 Å². The Labute approximate surface area is 81.8 Å². The molecular weight excluding hydrogens is 279 g/mol. The van der Waals surface area contributed by atoms with Gasteiger partial charge in [-0.3, -0.25) is 0 Å². The Morgan fingerprint density at radius 2 is 2.17 bits per heavy atom. The predicted octanol–water partition coefficient (Wildman–Crippen LogP) is 2.12. The molecule has 1 heterocycles. The maximum absolute atomic E-state index is 12.2. The minimum atomic E-state index is -2.58. The fourth-order valence-electron chi connectivity index (χ4n) is 0.741. The highest BCUT2D eigenvalue weighted by Crippen LogP contribution is 2.22. The lowest BCUT2D eigenvalue weighted by Gasteiger charge is -2.03. The molecule has 0 spiro atoms. The lowest BCUT2D eigenvalue weighted by Crippen LogP contribution is -1.98. The SMILES string of the molecule is OCc1ccc(I)c(C(F)F)n1. The minimum Gasteiger partial charge on any atom is -0.390 e. The summed E-state index contributed by atoms with van der Waals surface area (Å²) in [5, 5.41) is 8.62. The van der Waals surface area contributed by atoms with E-state index >= 15 is 0 Å². The topological polar surface area (TPSA) is 33.1 Å². The largest absolute Gasteiger partial charge is 0.390 e. The Bertz CT molecular complexity index is 280. The predicted molar refractivity (Wildman–Crippen MR) is 47.8 cm³/mol. The number of aromatic nitrogens is 1. The number of hydrogen-bond acceptors (Lipinski definition) is 2. The van der Waals surface area contributed by atoms with Crippen LogP contribution in [0.25, 0.3) is 0 Å². The molecule has 0 aromatic carbocycles. The van der Waals surface area contributed by atoms with Gasteiger partial charge < -0.3 is 5.11 Å². The normalized spacial score (nSPS) is 10.8. The molecule has 0 bridgehead atoms. The van der Waals surface area contributed by atoms with Crippen LogP contribution >= 0.6 is 22.6 Å². The van der Waals surface area contributed by atoms with E-state index in [1.165, 1.54) is 12.1 Å². The second-order valence-electron chi connectivity index (χ2n) is 2.13. The quantitative estimate of drug-likeness (QED) is 0.844. The first-order chi connectivity index (χ1) is 5.65. The fraction of sp³-hybridized carbons (Fsp3) is 0.286. The van der Waals surface area contributed by atoms with Gasteiger partial charge in [-0.05, 0) is 34.7 Å². The number of rotatable bonds is 2. The number of aliphatic hydroxyl groups excluding tert-OH is 1. The maximum atomic E-state index is 12.2. The van der Waals surface area contributed by atoms with Crippen molar-refractivity contribution in [3.63, 3.8) is 0 Å². The molecule has 1 N–H and O–H groups in total. The van der Waals surface area contributed by atoms with Crippen molar-refractivity contribution < 1.29 is 13.9 Å². The summed E-state index contributed by atoms with van der Waals surface area (Å²) in [5.41, 5.74) is 0.00728. The van der Waals surface area contributed by atoms with Crippen LogP contribution in [0.5, 0.6) is 0 Å². The first-order valence-corrected chi connectivity index (χ1v) is 4.27. The number of aliphatic hydroxyl groups is 1. The van der Waals surface area contributed by atoms with Gasteiger partial charge in [-0.1, -0.05) is 0 Å². The maximum Gasteiger partial charge on any atom is 0.281 e. The third-order valence-electron chi connectivity index (χ3n) is 1.30. The van der Waals surface area contributed by atoms with Crippen LogP contribution in [0.2, 0.25) is 0 Å². The van der Waals surface area contributed by atoms with Gasteiger partial charge in [0.25, 0.3) is 6.43 Å². The Morgan fingerprint density at radius 1 is 1.50 bits per heavy atom. The monoisotopic (exact) mass is 285 g/mol. The summed E-state index contributed by atoms with van der Waals surface area (Å²) in [6.45, 7) is -0.309. The van der Waals surface area contributed by atoms with Crippen LogP contribution in [0.4, 0.5) is 8.78 Å². The molecule has 66 valence electrons. The molecule has 1 rings (SSSR count). The Morgan fingerprint density at radius 3 is 2.67 bits per heavy atom. The van der Waals surface area contributed by atoms with E-state index in [0.29, 0.717) is 3.57 Å². The average Bonchev–Trinajstić information content (AvgIpc) is 2.05. The number of pyridine rings is 1. The number of alkyl halides is 2. The van der Waals surface area contributed by atoms with Gasteiger partial charge in [0.05, 0.1) is 12.3 Å². The van der Waals surface area contributed by atoms with Crippen LogP contribution in [0.15, 0.2) is 12.1 Å². The summed E-state index contributed by atoms with van der Waals surface area (Å²) in [4.78, 5) is 3.58. The third kappa shape index (κ3) is 2.10. The van der Waals surface area contributed by atoms with Crippen molar-refractivity contribution in [1.29, 1.82) is 0 Å². The molecule has 0 unspecified atom stereocenters. The van der Waals surface area contributed by atoms with Gasteiger partial charge in [0.2, 0.25) is 0 Å². The van der Waals surface area contributed by atoms with Crippen molar-refractivity contribution >= 4 is 22.6 Å². The summed E-state index contributed by atoms with van der Waals surface area (Å²) in [6, 6.07) is 3.04. The molecule has 12 heavy (non-hydrogen) atoms. The van der Waals surface area contributed by atoms with Gasteiger partial charge in [-0.2, -0.15) is 0 Å². The number of hydrogen-bond donors (Lipinski definition) is 1. The van der Waals surface area contributed by atoms with Crippen molar-refractivity contribution in [1.82, 2.24) is 4.98 Å². The molecule has 0 amide bonds. The zero-order valence-electron chi connectivity index (χ0n) is 5.97. The molecule has 0 aliphatic carbocycles. The smallest absolute Gasteiger partial charge is 0.281 e. The van der Waals surface area contributed by atoms with E-state index in [0.717, 1.165) is 0 Å². The van der Waals surface area contributed by atoms with Crippen molar-refractivity contribution in [2.45, 2.75) is 13.0 Å². The van der Waals surface area contributed by atoms with Gasteiger partial charge in [0.1, 0.15) is 5.69 Å². The Balaban J connectivity index is 3.08. The van der Waals surface area contributed by atoms with Gasteiger partial charge in [0, 0.05) is 3.57 Å². The second-order valence-corrected chi connectivity index (χ2v) is 3.29. The van der Waals surface area contributed by atoms with Gasteiger partial charge in [-0.15, -0.1) is 0 Å². The standard InChI is InChI=1S/C7H6F2INO/c8-7(9)6-5(10)2-1-4(3-12)11-6/h1-2,7,12H,3H2. The zero-order chi connectivity index (χ0) is 9.14. The molecule has 0 fully saturated rings. The number of halogens is 3. The molecule has 2 nitrogen and oxygen atoms in total. The molecule has 0 radical (unpaired) electrons. The lowest BCUT2D eigenvalue weighted by atomic mass is 10.3. The Hall–Kier alpha value is -0.300. The molecule has 0 aliphatic rings. The van der Waals surface area contributed by atoms with E-state index in [-0.39, 0.29) is 18.0 Å². The van der Waals surface area contributed by atoms with Crippen LogP contribution < -0.4 is 0 Å². The molecule has 0 saturated heterocycles. The van der Waals surface area contributed by atoms with Crippen molar-refractivity contribution in [2.24, 2.45) is 0 Å². The molecular formula is C7H6F2INO. The average molecular weight is 285 g/mol. The molecule has 5 heteroatoms. The van der Waals surface area contributed by atoms with Crippen LogP contribution in [-0.2, 0) is 6.61 Å². The van der Waals surface area contributed by atoms with Crippen molar-refractivity contribution in [2.75, 3.05) is 0 Å². The molecule has 1 aromatic rings. The van der Waals surface area contributed by atoms with E-state index in [1.807, 2.05) is 0 Å². The van der Waals surface area contributed by atoms with Crippen molar-refractivity contribution in [3.8, 4) is 0 Å². The van der Waals surface area contributed by atoms with Gasteiger partial charge in [0.15, 0.2) is 0 Å². The molecule has 0 aliphatic heterocycles. The minimum absolute atomic E-state index is 0.262. The van der Waals surface area contributed by atoms with E-state index in [9.17, 15) is 8.78 Å². The summed E-state index contributed by atoms with van der Waals surface area (Å²) in [7, 11) is 0. The fourth-order valence-corrected chi connectivity index (χ4v) is 1.28. The first-order valence-electron chi connectivity index (χ1n) is 3.19. The highest BCUT2D eigenvalue weighted by molar-refractivity contribution is 14.1. The van der Waals surface area contributed by atoms with E-state index in [4.69, 9.17) is 5.11 Å². The molecule has 0 saturated carbocycles. The summed E-state index contributed by atoms with van der Waals surface area (Å²) < 4.78 is 24.8. The Kier molecular flexibility index (Phi) is 3.33. The summed E-state index contributed by atoms with van der Waals surface area (Å²) >= 11 is 1.78. The van der Waals surface area contributed by atoms with E-state index < -0.39 is 6.43 Å². The molecule has 0 atom stereocenters. The van der Waals surface area contributed by atoms with Crippen LogP contribution in [0, 0.1) is 3.57 Å². The third-order valence-corrected chi connectivity index (χ3v) is 2.21. The highest BCUT2D eigenvalue weighted by Gasteiger charge is 2.13. The van der Waals surface area contributed by atoms with Crippen LogP contribution in [0.1, 0.15) is 17.8 Å².